The van der Waals surface area contributed by atoms with E-state index in [0.717, 1.165) is 0 Å². The van der Waals surface area contributed by atoms with Gasteiger partial charge in [-0.15, -0.1) is 0 Å². The molecule has 1 aliphatic heterocycles. The normalized spacial score (nSPS) is 19.9. The Morgan fingerprint density at radius 1 is 1.38 bits per heavy atom. The number of nitrogen functional groups attached to an aromatic ring is 2. The molecular formula is C9H11N2O2. The Labute approximate surface area is 76.4 Å². The second-order valence-electron chi connectivity index (χ2n) is 2.95. The fraction of sp³-hybridized carbons (Fsp3) is 0.222. The SMILES string of the molecule is [CH2]C1COc2ccc(N)c(N)c2O1. The molecule has 1 aromatic rings. The number of anilines is 2. The molecule has 1 aliphatic rings. The maximum atomic E-state index is 5.71. The van der Waals surface area contributed by atoms with Crippen LogP contribution in [0.4, 0.5) is 11.4 Å². The molecule has 0 spiro atoms. The zero-order valence-corrected chi connectivity index (χ0v) is 7.12. The van der Waals surface area contributed by atoms with Crippen LogP contribution >= 0.6 is 0 Å². The molecule has 1 atom stereocenters. The molecule has 0 aliphatic carbocycles. The van der Waals surface area contributed by atoms with Crippen LogP contribution in [0.1, 0.15) is 0 Å². The molecule has 0 aromatic heterocycles. The number of hydrogen-bond donors (Lipinski definition) is 2. The van der Waals surface area contributed by atoms with E-state index in [4.69, 9.17) is 20.9 Å². The van der Waals surface area contributed by atoms with Crippen molar-refractivity contribution in [1.29, 1.82) is 0 Å². The van der Waals surface area contributed by atoms with Crippen LogP contribution in [-0.2, 0) is 0 Å². The van der Waals surface area contributed by atoms with E-state index in [1.807, 2.05) is 0 Å². The number of rotatable bonds is 0. The van der Waals surface area contributed by atoms with E-state index < -0.39 is 0 Å². The zero-order valence-electron chi connectivity index (χ0n) is 7.12. The lowest BCUT2D eigenvalue weighted by atomic mass is 10.2. The summed E-state index contributed by atoms with van der Waals surface area (Å²) in [7, 11) is 0. The van der Waals surface area contributed by atoms with Gasteiger partial charge in [0.25, 0.3) is 0 Å². The molecule has 4 N–H and O–H groups in total. The minimum Gasteiger partial charge on any atom is -0.486 e. The second-order valence-corrected chi connectivity index (χ2v) is 2.95. The minimum atomic E-state index is -0.225. The van der Waals surface area contributed by atoms with Gasteiger partial charge in [0.2, 0.25) is 0 Å². The van der Waals surface area contributed by atoms with Gasteiger partial charge >= 0.3 is 0 Å². The smallest absolute Gasteiger partial charge is 0.186 e. The van der Waals surface area contributed by atoms with E-state index in [1.54, 1.807) is 12.1 Å². The summed E-state index contributed by atoms with van der Waals surface area (Å²) in [4.78, 5) is 0. The van der Waals surface area contributed by atoms with Crippen LogP contribution in [0.3, 0.4) is 0 Å². The van der Waals surface area contributed by atoms with Gasteiger partial charge in [0.05, 0.1) is 5.69 Å². The summed E-state index contributed by atoms with van der Waals surface area (Å²) in [6, 6.07) is 3.44. The average molecular weight is 179 g/mol. The van der Waals surface area contributed by atoms with E-state index in [2.05, 4.69) is 6.92 Å². The molecule has 1 aromatic carbocycles. The highest BCUT2D eigenvalue weighted by Crippen LogP contribution is 2.40. The summed E-state index contributed by atoms with van der Waals surface area (Å²) in [6.45, 7) is 4.16. The largest absolute Gasteiger partial charge is 0.486 e. The molecule has 0 saturated carbocycles. The third-order valence-electron chi connectivity index (χ3n) is 1.90. The van der Waals surface area contributed by atoms with Gasteiger partial charge in [-0.3, -0.25) is 0 Å². The fourth-order valence-corrected chi connectivity index (χ4v) is 1.21. The quantitative estimate of drug-likeness (QED) is 0.578. The fourth-order valence-electron chi connectivity index (χ4n) is 1.21. The van der Waals surface area contributed by atoms with Gasteiger partial charge in [0.15, 0.2) is 11.5 Å². The van der Waals surface area contributed by atoms with Crippen LogP contribution in [0, 0.1) is 6.92 Å². The van der Waals surface area contributed by atoms with Crippen molar-refractivity contribution < 1.29 is 9.47 Å². The Hall–Kier alpha value is -1.58. The first-order valence-electron chi connectivity index (χ1n) is 3.99. The van der Waals surface area contributed by atoms with E-state index in [-0.39, 0.29) is 6.10 Å². The molecule has 1 unspecified atom stereocenters. The highest BCUT2D eigenvalue weighted by atomic mass is 16.6. The molecule has 1 heterocycles. The highest BCUT2D eigenvalue weighted by molar-refractivity contribution is 5.75. The number of ether oxygens (including phenoxy) is 2. The van der Waals surface area contributed by atoms with Gasteiger partial charge in [-0.05, 0) is 19.1 Å². The summed E-state index contributed by atoms with van der Waals surface area (Å²) < 4.78 is 10.8. The first-order valence-corrected chi connectivity index (χ1v) is 3.99. The Morgan fingerprint density at radius 3 is 2.92 bits per heavy atom. The molecule has 13 heavy (non-hydrogen) atoms. The molecule has 4 heteroatoms. The summed E-state index contributed by atoms with van der Waals surface area (Å²) >= 11 is 0. The van der Waals surface area contributed by atoms with Crippen LogP contribution in [0.2, 0.25) is 0 Å². The maximum absolute atomic E-state index is 5.71. The van der Waals surface area contributed by atoms with Gasteiger partial charge in [0, 0.05) is 0 Å². The molecule has 2 rings (SSSR count). The van der Waals surface area contributed by atoms with Crippen molar-refractivity contribution in [2.75, 3.05) is 18.1 Å². The minimum absolute atomic E-state index is 0.225. The molecule has 4 nitrogen and oxygen atoms in total. The van der Waals surface area contributed by atoms with Crippen molar-refractivity contribution in [1.82, 2.24) is 0 Å². The van der Waals surface area contributed by atoms with Crippen LogP contribution in [0.15, 0.2) is 12.1 Å². The first-order chi connectivity index (χ1) is 6.18. The lowest BCUT2D eigenvalue weighted by Crippen LogP contribution is -2.26. The van der Waals surface area contributed by atoms with E-state index in [9.17, 15) is 0 Å². The van der Waals surface area contributed by atoms with Crippen LogP contribution < -0.4 is 20.9 Å². The third kappa shape index (κ3) is 1.24. The second kappa shape index (κ2) is 2.73. The molecule has 0 saturated heterocycles. The Bertz CT molecular complexity index is 339. The standard InChI is InChI=1S/C9H11N2O2/c1-5-4-12-7-3-2-6(10)8(11)9(7)13-5/h2-3,5H,1,4,10-11H2. The van der Waals surface area contributed by atoms with Crippen molar-refractivity contribution in [2.45, 2.75) is 6.10 Å². The highest BCUT2D eigenvalue weighted by Gasteiger charge is 2.20. The number of hydrogen-bond acceptors (Lipinski definition) is 4. The Balaban J connectivity index is 2.48. The molecule has 0 fully saturated rings. The first kappa shape index (κ1) is 8.04. The van der Waals surface area contributed by atoms with Crippen molar-refractivity contribution in [2.24, 2.45) is 0 Å². The van der Waals surface area contributed by atoms with E-state index in [0.29, 0.717) is 29.5 Å². The zero-order chi connectivity index (χ0) is 9.42. The van der Waals surface area contributed by atoms with Gasteiger partial charge < -0.3 is 20.9 Å². The van der Waals surface area contributed by atoms with Crippen LogP contribution in [-0.4, -0.2) is 12.7 Å². The monoisotopic (exact) mass is 179 g/mol. The lowest BCUT2D eigenvalue weighted by molar-refractivity contribution is 0.122. The predicted molar refractivity (Wildman–Crippen MR) is 50.5 cm³/mol. The van der Waals surface area contributed by atoms with Crippen molar-refractivity contribution >= 4 is 11.4 Å². The summed E-state index contributed by atoms with van der Waals surface area (Å²) in [5.41, 5.74) is 12.2. The van der Waals surface area contributed by atoms with Gasteiger partial charge in [-0.25, -0.2) is 0 Å². The van der Waals surface area contributed by atoms with Crippen molar-refractivity contribution in [3.63, 3.8) is 0 Å². The van der Waals surface area contributed by atoms with Gasteiger partial charge in [-0.1, -0.05) is 0 Å². The van der Waals surface area contributed by atoms with E-state index >= 15 is 0 Å². The molecular weight excluding hydrogens is 168 g/mol. The molecule has 0 bridgehead atoms. The van der Waals surface area contributed by atoms with Crippen molar-refractivity contribution in [3.8, 4) is 11.5 Å². The average Bonchev–Trinajstić information content (AvgIpc) is 2.12. The summed E-state index contributed by atoms with van der Waals surface area (Å²) in [5, 5.41) is 0. The molecule has 1 radical (unpaired) electrons. The number of nitrogens with two attached hydrogens (primary N) is 2. The topological polar surface area (TPSA) is 70.5 Å². The molecule has 0 amide bonds. The third-order valence-corrected chi connectivity index (χ3v) is 1.90. The predicted octanol–water partition coefficient (Wildman–Crippen LogP) is 0.825. The van der Waals surface area contributed by atoms with Crippen molar-refractivity contribution in [3.05, 3.63) is 19.1 Å². The van der Waals surface area contributed by atoms with Gasteiger partial charge in [-0.2, -0.15) is 0 Å². The maximum Gasteiger partial charge on any atom is 0.186 e. The number of benzene rings is 1. The van der Waals surface area contributed by atoms with Gasteiger partial charge in [0.1, 0.15) is 18.4 Å². The summed E-state index contributed by atoms with van der Waals surface area (Å²) in [5.74, 6) is 1.14. The van der Waals surface area contributed by atoms with Crippen LogP contribution in [0.25, 0.3) is 0 Å². The van der Waals surface area contributed by atoms with E-state index in [1.165, 1.54) is 0 Å². The Kier molecular flexibility index (Phi) is 1.69. The molecule has 69 valence electrons. The van der Waals surface area contributed by atoms with Crippen LogP contribution in [0.5, 0.6) is 11.5 Å². The summed E-state index contributed by atoms with van der Waals surface area (Å²) in [6.07, 6.45) is -0.225. The number of fused-ring (bicyclic) bond motifs is 1. The Morgan fingerprint density at radius 2 is 2.15 bits per heavy atom. The lowest BCUT2D eigenvalue weighted by Gasteiger charge is -2.25.